The Morgan fingerprint density at radius 3 is 2.60 bits per heavy atom. The van der Waals surface area contributed by atoms with Gasteiger partial charge in [-0.2, -0.15) is 0 Å². The molecule has 1 heterocycles. The van der Waals surface area contributed by atoms with Crippen molar-refractivity contribution in [2.75, 3.05) is 47.6 Å². The van der Waals surface area contributed by atoms with Gasteiger partial charge in [-0.25, -0.2) is 0 Å². The minimum Gasteiger partial charge on any atom is -0.465 e. The van der Waals surface area contributed by atoms with Crippen LogP contribution in [0.4, 0.5) is 0 Å². The van der Waals surface area contributed by atoms with Crippen molar-refractivity contribution >= 4 is 0 Å². The quantitative estimate of drug-likeness (QED) is 0.628. The van der Waals surface area contributed by atoms with Gasteiger partial charge in [-0.3, -0.25) is 4.90 Å². The van der Waals surface area contributed by atoms with E-state index < -0.39 is 0 Å². The Kier molecular flexibility index (Phi) is 8.53. The molecule has 0 amide bonds. The summed E-state index contributed by atoms with van der Waals surface area (Å²) in [4.78, 5) is 2.38. The van der Waals surface area contributed by atoms with Gasteiger partial charge in [0, 0.05) is 46.0 Å². The highest BCUT2D eigenvalue weighted by Gasteiger charge is 2.12. The summed E-state index contributed by atoms with van der Waals surface area (Å²) >= 11 is 0. The molecule has 0 bridgehead atoms. The van der Waals surface area contributed by atoms with Crippen molar-refractivity contribution in [1.82, 2.24) is 10.2 Å². The molecule has 116 valence electrons. The maximum absolute atomic E-state index is 5.74. The first-order valence-electron chi connectivity index (χ1n) is 7.14. The molecule has 0 aromatic carbocycles. The second-order valence-electron chi connectivity index (χ2n) is 4.94. The zero-order chi connectivity index (χ0) is 14.8. The minimum atomic E-state index is 0.743. The summed E-state index contributed by atoms with van der Waals surface area (Å²) in [5.41, 5.74) is 1.25. The minimum absolute atomic E-state index is 0.743. The van der Waals surface area contributed by atoms with Crippen molar-refractivity contribution in [2.45, 2.75) is 26.4 Å². The largest absolute Gasteiger partial charge is 0.465 e. The monoisotopic (exact) mass is 284 g/mol. The third-order valence-corrected chi connectivity index (χ3v) is 3.25. The van der Waals surface area contributed by atoms with Crippen LogP contribution < -0.4 is 5.32 Å². The molecule has 1 N–H and O–H groups in total. The molecule has 1 aromatic heterocycles. The maximum Gasteiger partial charge on any atom is 0.118 e. The van der Waals surface area contributed by atoms with Crippen molar-refractivity contribution in [1.29, 1.82) is 0 Å². The Morgan fingerprint density at radius 2 is 1.95 bits per heavy atom. The first-order chi connectivity index (χ1) is 9.71. The summed E-state index contributed by atoms with van der Waals surface area (Å²) in [6.07, 6.45) is 1.03. The molecule has 5 heteroatoms. The standard InChI is InChI=1S/C15H28N2O3/c1-13-14(10-15(20-13)11-16-2)12-17(7-9-19-4)6-5-8-18-3/h10,16H,5-9,11-12H2,1-4H3. The summed E-state index contributed by atoms with van der Waals surface area (Å²) in [7, 11) is 5.40. The lowest BCUT2D eigenvalue weighted by atomic mass is 10.2. The summed E-state index contributed by atoms with van der Waals surface area (Å²) in [5.74, 6) is 1.99. The summed E-state index contributed by atoms with van der Waals surface area (Å²) < 4.78 is 16.0. The lowest BCUT2D eigenvalue weighted by Gasteiger charge is -2.21. The highest BCUT2D eigenvalue weighted by atomic mass is 16.5. The van der Waals surface area contributed by atoms with Crippen LogP contribution in [0.25, 0.3) is 0 Å². The van der Waals surface area contributed by atoms with Gasteiger partial charge in [0.2, 0.25) is 0 Å². The lowest BCUT2D eigenvalue weighted by molar-refractivity contribution is 0.129. The van der Waals surface area contributed by atoms with Crippen LogP contribution in [0.2, 0.25) is 0 Å². The van der Waals surface area contributed by atoms with E-state index in [1.807, 2.05) is 14.0 Å². The summed E-state index contributed by atoms with van der Waals surface area (Å²) in [6.45, 7) is 7.15. The van der Waals surface area contributed by atoms with Crippen LogP contribution in [-0.2, 0) is 22.6 Å². The SMILES string of the molecule is CNCc1cc(CN(CCCOC)CCOC)c(C)o1. The van der Waals surface area contributed by atoms with Crippen molar-refractivity contribution in [3.63, 3.8) is 0 Å². The van der Waals surface area contributed by atoms with Crippen LogP contribution in [-0.4, -0.2) is 52.5 Å². The second-order valence-corrected chi connectivity index (χ2v) is 4.94. The average Bonchev–Trinajstić information content (AvgIpc) is 2.76. The topological polar surface area (TPSA) is 46.9 Å². The van der Waals surface area contributed by atoms with Gasteiger partial charge in [-0.1, -0.05) is 0 Å². The molecule has 0 unspecified atom stereocenters. The molecule has 0 aliphatic heterocycles. The molecule has 0 spiro atoms. The van der Waals surface area contributed by atoms with E-state index in [9.17, 15) is 0 Å². The van der Waals surface area contributed by atoms with E-state index in [1.54, 1.807) is 14.2 Å². The normalized spacial score (nSPS) is 11.4. The van der Waals surface area contributed by atoms with E-state index in [0.717, 1.165) is 57.3 Å². The van der Waals surface area contributed by atoms with E-state index in [0.29, 0.717) is 0 Å². The van der Waals surface area contributed by atoms with Crippen LogP contribution in [0, 0.1) is 6.92 Å². The molecule has 0 aliphatic carbocycles. The molecule has 1 aromatic rings. The maximum atomic E-state index is 5.74. The molecule has 5 nitrogen and oxygen atoms in total. The fraction of sp³-hybridized carbons (Fsp3) is 0.733. The smallest absolute Gasteiger partial charge is 0.118 e. The van der Waals surface area contributed by atoms with Crippen molar-refractivity contribution in [3.8, 4) is 0 Å². The summed E-state index contributed by atoms with van der Waals surface area (Å²) in [6, 6.07) is 2.14. The Bertz CT molecular complexity index is 366. The van der Waals surface area contributed by atoms with Crippen molar-refractivity contribution in [2.24, 2.45) is 0 Å². The first kappa shape index (κ1) is 17.2. The lowest BCUT2D eigenvalue weighted by Crippen LogP contribution is -2.28. The third-order valence-electron chi connectivity index (χ3n) is 3.25. The van der Waals surface area contributed by atoms with Crippen molar-refractivity contribution in [3.05, 3.63) is 23.2 Å². The molecular weight excluding hydrogens is 256 g/mol. The average molecular weight is 284 g/mol. The van der Waals surface area contributed by atoms with Gasteiger partial charge in [0.25, 0.3) is 0 Å². The Morgan fingerprint density at radius 1 is 1.20 bits per heavy atom. The number of furan rings is 1. The van der Waals surface area contributed by atoms with Crippen LogP contribution in [0.5, 0.6) is 0 Å². The van der Waals surface area contributed by atoms with E-state index in [-0.39, 0.29) is 0 Å². The molecule has 0 saturated carbocycles. The van der Waals surface area contributed by atoms with Crippen LogP contribution >= 0.6 is 0 Å². The highest BCUT2D eigenvalue weighted by molar-refractivity contribution is 5.20. The fourth-order valence-electron chi connectivity index (χ4n) is 2.17. The van der Waals surface area contributed by atoms with Gasteiger partial charge >= 0.3 is 0 Å². The molecule has 0 saturated heterocycles. The molecule has 20 heavy (non-hydrogen) atoms. The van der Waals surface area contributed by atoms with E-state index in [2.05, 4.69) is 16.3 Å². The van der Waals surface area contributed by atoms with Crippen LogP contribution in [0.3, 0.4) is 0 Å². The second kappa shape index (κ2) is 9.94. The molecule has 0 atom stereocenters. The fourth-order valence-corrected chi connectivity index (χ4v) is 2.17. The van der Waals surface area contributed by atoms with Crippen molar-refractivity contribution < 1.29 is 13.9 Å². The zero-order valence-electron chi connectivity index (χ0n) is 13.2. The number of nitrogens with one attached hydrogen (secondary N) is 1. The van der Waals surface area contributed by atoms with Gasteiger partial charge in [-0.05, 0) is 26.5 Å². The predicted octanol–water partition coefficient (Wildman–Crippen LogP) is 1.79. The van der Waals surface area contributed by atoms with E-state index in [1.165, 1.54) is 5.56 Å². The number of rotatable bonds is 11. The van der Waals surface area contributed by atoms with Gasteiger partial charge < -0.3 is 19.2 Å². The van der Waals surface area contributed by atoms with Gasteiger partial charge in [-0.15, -0.1) is 0 Å². The van der Waals surface area contributed by atoms with Crippen LogP contribution in [0.15, 0.2) is 10.5 Å². The molecule has 0 aliphatic rings. The number of hydrogen-bond donors (Lipinski definition) is 1. The molecule has 1 rings (SSSR count). The Hall–Kier alpha value is -0.880. The predicted molar refractivity (Wildman–Crippen MR) is 79.9 cm³/mol. The molecular formula is C15H28N2O3. The van der Waals surface area contributed by atoms with Crippen LogP contribution in [0.1, 0.15) is 23.5 Å². The highest BCUT2D eigenvalue weighted by Crippen LogP contribution is 2.17. The number of nitrogens with zero attached hydrogens (tertiary/aromatic N) is 1. The number of methoxy groups -OCH3 is 2. The Balaban J connectivity index is 2.57. The number of ether oxygens (including phenoxy) is 2. The van der Waals surface area contributed by atoms with Gasteiger partial charge in [0.15, 0.2) is 0 Å². The van der Waals surface area contributed by atoms with Gasteiger partial charge in [0.1, 0.15) is 11.5 Å². The Labute approximate surface area is 122 Å². The number of aryl methyl sites for hydroxylation is 1. The zero-order valence-corrected chi connectivity index (χ0v) is 13.2. The first-order valence-corrected chi connectivity index (χ1v) is 7.14. The molecule has 0 radical (unpaired) electrons. The van der Waals surface area contributed by atoms with E-state index >= 15 is 0 Å². The summed E-state index contributed by atoms with van der Waals surface area (Å²) in [5, 5.41) is 3.11. The van der Waals surface area contributed by atoms with E-state index in [4.69, 9.17) is 13.9 Å². The third kappa shape index (κ3) is 6.05. The van der Waals surface area contributed by atoms with Gasteiger partial charge in [0.05, 0.1) is 13.2 Å². The molecule has 0 fully saturated rings. The number of hydrogen-bond acceptors (Lipinski definition) is 5.